The van der Waals surface area contributed by atoms with Crippen molar-refractivity contribution in [3.05, 3.63) is 58.0 Å². The molecule has 0 radical (unpaired) electrons. The van der Waals surface area contributed by atoms with Gasteiger partial charge in [0.25, 0.3) is 5.56 Å². The van der Waals surface area contributed by atoms with Crippen LogP contribution in [0.15, 0.2) is 41.3 Å². The number of amides is 1. The van der Waals surface area contributed by atoms with Crippen LogP contribution in [0.4, 0.5) is 4.79 Å². The summed E-state index contributed by atoms with van der Waals surface area (Å²) in [6.07, 6.45) is 2.15. The first kappa shape index (κ1) is 22.2. The van der Waals surface area contributed by atoms with Gasteiger partial charge in [-0.2, -0.15) is 5.26 Å². The van der Waals surface area contributed by atoms with Gasteiger partial charge in [0, 0.05) is 24.8 Å². The van der Waals surface area contributed by atoms with Gasteiger partial charge in [-0.15, -0.1) is 0 Å². The number of benzene rings is 1. The number of hydrogen-bond acceptors (Lipinski definition) is 4. The largest absolute Gasteiger partial charge is 0.444 e. The standard InChI is InChI=1S/C23H29N3O3/c1-16(2)10-12-26-13-11-19(20(14-24)21(26)27)18-8-6-17(7-9-18)15-25-22(28)29-23(3,4)5/h6-9,11,13,16H,10,12,15H2,1-5H3,(H,25,28). The Bertz CT molecular complexity index is 945. The fraction of sp³-hybridized carbons (Fsp3) is 0.435. The minimum Gasteiger partial charge on any atom is -0.444 e. The summed E-state index contributed by atoms with van der Waals surface area (Å²) in [6, 6.07) is 11.3. The SMILES string of the molecule is CC(C)CCn1ccc(-c2ccc(CNC(=O)OC(C)(C)C)cc2)c(C#N)c1=O. The number of nitriles is 1. The first-order chi connectivity index (χ1) is 13.6. The summed E-state index contributed by atoms with van der Waals surface area (Å²) >= 11 is 0. The van der Waals surface area contributed by atoms with Crippen molar-refractivity contribution in [2.45, 2.75) is 59.7 Å². The molecule has 29 heavy (non-hydrogen) atoms. The molecule has 1 aromatic carbocycles. The van der Waals surface area contributed by atoms with E-state index < -0.39 is 11.7 Å². The van der Waals surface area contributed by atoms with Gasteiger partial charge >= 0.3 is 6.09 Å². The van der Waals surface area contributed by atoms with E-state index >= 15 is 0 Å². The highest BCUT2D eigenvalue weighted by atomic mass is 16.6. The Morgan fingerprint density at radius 3 is 2.41 bits per heavy atom. The smallest absolute Gasteiger partial charge is 0.407 e. The number of aromatic nitrogens is 1. The lowest BCUT2D eigenvalue weighted by Gasteiger charge is -2.19. The van der Waals surface area contributed by atoms with Gasteiger partial charge in [0.15, 0.2) is 0 Å². The van der Waals surface area contributed by atoms with Crippen LogP contribution in [0.3, 0.4) is 0 Å². The van der Waals surface area contributed by atoms with E-state index in [0.29, 0.717) is 24.6 Å². The lowest BCUT2D eigenvalue weighted by atomic mass is 10.0. The lowest BCUT2D eigenvalue weighted by Crippen LogP contribution is -2.32. The monoisotopic (exact) mass is 395 g/mol. The van der Waals surface area contributed by atoms with E-state index in [9.17, 15) is 14.9 Å². The third-order valence-corrected chi connectivity index (χ3v) is 4.33. The molecule has 6 nitrogen and oxygen atoms in total. The number of nitrogens with one attached hydrogen (secondary N) is 1. The van der Waals surface area contributed by atoms with E-state index in [1.54, 1.807) is 10.8 Å². The second-order valence-electron chi connectivity index (χ2n) is 8.45. The molecule has 0 spiro atoms. The van der Waals surface area contributed by atoms with Crippen LogP contribution in [0.1, 0.15) is 52.2 Å². The summed E-state index contributed by atoms with van der Waals surface area (Å²) in [5, 5.41) is 12.2. The first-order valence-corrected chi connectivity index (χ1v) is 9.80. The topological polar surface area (TPSA) is 84.1 Å². The first-order valence-electron chi connectivity index (χ1n) is 9.80. The van der Waals surface area contributed by atoms with Crippen molar-refractivity contribution in [3.8, 4) is 17.2 Å². The molecule has 0 saturated heterocycles. The maximum Gasteiger partial charge on any atom is 0.407 e. The van der Waals surface area contributed by atoms with Gasteiger partial charge in [0.05, 0.1) is 0 Å². The fourth-order valence-electron chi connectivity index (χ4n) is 2.79. The number of carbonyl (C=O) groups excluding carboxylic acids is 1. The molecule has 0 saturated carbocycles. The van der Waals surface area contributed by atoms with Crippen molar-refractivity contribution in [3.63, 3.8) is 0 Å². The molecule has 2 aromatic rings. The molecule has 154 valence electrons. The maximum atomic E-state index is 12.6. The third-order valence-electron chi connectivity index (χ3n) is 4.33. The number of ether oxygens (including phenoxy) is 1. The molecule has 1 amide bonds. The van der Waals surface area contributed by atoms with Gasteiger partial charge in [-0.1, -0.05) is 38.1 Å². The molecule has 2 rings (SSSR count). The third kappa shape index (κ3) is 6.49. The molecule has 1 heterocycles. The van der Waals surface area contributed by atoms with Gasteiger partial charge in [-0.25, -0.2) is 4.79 Å². The Hall–Kier alpha value is -3.07. The van der Waals surface area contributed by atoms with E-state index in [0.717, 1.165) is 17.5 Å². The lowest BCUT2D eigenvalue weighted by molar-refractivity contribution is 0.0523. The highest BCUT2D eigenvalue weighted by molar-refractivity contribution is 5.70. The van der Waals surface area contributed by atoms with Crippen molar-refractivity contribution in [1.29, 1.82) is 5.26 Å². The van der Waals surface area contributed by atoms with E-state index in [-0.39, 0.29) is 11.1 Å². The van der Waals surface area contributed by atoms with E-state index in [1.807, 2.05) is 51.1 Å². The molecule has 0 fully saturated rings. The average Bonchev–Trinajstić information content (AvgIpc) is 2.64. The van der Waals surface area contributed by atoms with E-state index in [2.05, 4.69) is 25.2 Å². The zero-order chi connectivity index (χ0) is 21.6. The van der Waals surface area contributed by atoms with Crippen LogP contribution >= 0.6 is 0 Å². The van der Waals surface area contributed by atoms with Crippen LogP contribution in [0.25, 0.3) is 11.1 Å². The van der Waals surface area contributed by atoms with Gasteiger partial charge < -0.3 is 14.6 Å². The predicted molar refractivity (Wildman–Crippen MR) is 113 cm³/mol. The summed E-state index contributed by atoms with van der Waals surface area (Å²) in [4.78, 5) is 24.4. The second-order valence-corrected chi connectivity index (χ2v) is 8.45. The zero-order valence-electron chi connectivity index (χ0n) is 17.8. The normalized spacial score (nSPS) is 11.2. The molecule has 0 aliphatic carbocycles. The van der Waals surface area contributed by atoms with Crippen LogP contribution in [0.2, 0.25) is 0 Å². The second kappa shape index (κ2) is 9.42. The molecule has 0 bridgehead atoms. The van der Waals surface area contributed by atoms with Crippen LogP contribution in [-0.4, -0.2) is 16.3 Å². The van der Waals surface area contributed by atoms with Gasteiger partial charge in [-0.05, 0) is 50.3 Å². The van der Waals surface area contributed by atoms with E-state index in [4.69, 9.17) is 4.74 Å². The van der Waals surface area contributed by atoms with Crippen molar-refractivity contribution in [2.75, 3.05) is 0 Å². The predicted octanol–water partition coefficient (Wildman–Crippen LogP) is 4.46. The highest BCUT2D eigenvalue weighted by Crippen LogP contribution is 2.22. The summed E-state index contributed by atoms with van der Waals surface area (Å²) in [5.41, 5.74) is 1.64. The van der Waals surface area contributed by atoms with Crippen LogP contribution in [0.5, 0.6) is 0 Å². The molecule has 0 unspecified atom stereocenters. The fourth-order valence-corrected chi connectivity index (χ4v) is 2.79. The minimum absolute atomic E-state index is 0.149. The Morgan fingerprint density at radius 1 is 1.21 bits per heavy atom. The quantitative estimate of drug-likeness (QED) is 0.783. The number of aryl methyl sites for hydroxylation is 1. The van der Waals surface area contributed by atoms with Gasteiger partial charge in [0.2, 0.25) is 0 Å². The van der Waals surface area contributed by atoms with Gasteiger partial charge in [0.1, 0.15) is 17.2 Å². The Morgan fingerprint density at radius 2 is 1.86 bits per heavy atom. The number of hydrogen-bond donors (Lipinski definition) is 1. The number of nitrogens with zero attached hydrogens (tertiary/aromatic N) is 2. The Labute approximate surface area is 172 Å². The minimum atomic E-state index is -0.545. The van der Waals surface area contributed by atoms with Crippen LogP contribution in [0, 0.1) is 17.2 Å². The van der Waals surface area contributed by atoms with Crippen LogP contribution < -0.4 is 10.9 Å². The van der Waals surface area contributed by atoms with Crippen molar-refractivity contribution >= 4 is 6.09 Å². The van der Waals surface area contributed by atoms with Crippen molar-refractivity contribution in [2.24, 2.45) is 5.92 Å². The average molecular weight is 396 g/mol. The Balaban J connectivity index is 2.15. The summed E-state index contributed by atoms with van der Waals surface area (Å²) in [5.74, 6) is 0.481. The summed E-state index contributed by atoms with van der Waals surface area (Å²) < 4.78 is 6.82. The molecule has 1 aromatic heterocycles. The highest BCUT2D eigenvalue weighted by Gasteiger charge is 2.16. The number of pyridine rings is 1. The zero-order valence-corrected chi connectivity index (χ0v) is 17.8. The van der Waals surface area contributed by atoms with Crippen molar-refractivity contribution in [1.82, 2.24) is 9.88 Å². The van der Waals surface area contributed by atoms with Gasteiger partial charge in [-0.3, -0.25) is 4.79 Å². The Kier molecular flexibility index (Phi) is 7.22. The van der Waals surface area contributed by atoms with Crippen molar-refractivity contribution < 1.29 is 9.53 Å². The summed E-state index contributed by atoms with van der Waals surface area (Å²) in [7, 11) is 0. The summed E-state index contributed by atoms with van der Waals surface area (Å²) in [6.45, 7) is 10.6. The number of rotatable bonds is 6. The molecular formula is C23H29N3O3. The molecule has 0 atom stereocenters. The van der Waals surface area contributed by atoms with E-state index in [1.165, 1.54) is 0 Å². The molecule has 0 aliphatic heterocycles. The van der Waals surface area contributed by atoms with Crippen LogP contribution in [-0.2, 0) is 17.8 Å². The number of carbonyl (C=O) groups is 1. The molecule has 6 heteroatoms. The molecule has 0 aliphatic rings. The molecule has 1 N–H and O–H groups in total. The molecular weight excluding hydrogens is 366 g/mol. The number of alkyl carbamates (subject to hydrolysis) is 1. The maximum absolute atomic E-state index is 12.6.